The molecule has 2 aromatic carbocycles. The molecule has 0 amide bonds. The molecule has 126 valence electrons. The van der Waals surface area contributed by atoms with Crippen LogP contribution in [0.4, 0.5) is 0 Å². The molecule has 0 saturated carbocycles. The van der Waals surface area contributed by atoms with E-state index in [-0.39, 0.29) is 4.90 Å². The van der Waals surface area contributed by atoms with Crippen LogP contribution in [0.2, 0.25) is 5.02 Å². The van der Waals surface area contributed by atoms with Crippen LogP contribution in [0.3, 0.4) is 0 Å². The minimum atomic E-state index is -3.54. The first kappa shape index (κ1) is 16.8. The Bertz CT molecular complexity index is 950. The third-order valence-electron chi connectivity index (χ3n) is 3.78. The molecule has 0 spiro atoms. The number of ether oxygens (including phenoxy) is 1. The minimum Gasteiger partial charge on any atom is -0.497 e. The van der Waals surface area contributed by atoms with E-state index in [9.17, 15) is 8.42 Å². The number of methoxy groups -OCH3 is 1. The van der Waals surface area contributed by atoms with E-state index >= 15 is 0 Å². The summed E-state index contributed by atoms with van der Waals surface area (Å²) in [6, 6.07) is 11.9. The highest BCUT2D eigenvalue weighted by Gasteiger charge is 2.13. The van der Waals surface area contributed by atoms with Crippen LogP contribution in [0, 0.1) is 0 Å². The summed E-state index contributed by atoms with van der Waals surface area (Å²) in [6.45, 7) is 0.301. The van der Waals surface area contributed by atoms with E-state index in [1.165, 1.54) is 12.1 Å². The van der Waals surface area contributed by atoms with Gasteiger partial charge in [-0.2, -0.15) is 0 Å². The van der Waals surface area contributed by atoms with Crippen molar-refractivity contribution in [1.82, 2.24) is 9.71 Å². The lowest BCUT2D eigenvalue weighted by Crippen LogP contribution is -2.25. The summed E-state index contributed by atoms with van der Waals surface area (Å²) < 4.78 is 32.4. The fourth-order valence-corrected chi connectivity index (χ4v) is 3.67. The molecule has 0 unspecified atom stereocenters. The number of aromatic amines is 1. The lowest BCUT2D eigenvalue weighted by Gasteiger charge is -2.07. The second-order valence-electron chi connectivity index (χ2n) is 5.33. The molecule has 0 bridgehead atoms. The minimum absolute atomic E-state index is 0.201. The van der Waals surface area contributed by atoms with Crippen molar-refractivity contribution in [3.05, 3.63) is 59.2 Å². The Hall–Kier alpha value is -2.02. The molecule has 3 aromatic rings. The van der Waals surface area contributed by atoms with Gasteiger partial charge in [-0.25, -0.2) is 13.1 Å². The summed E-state index contributed by atoms with van der Waals surface area (Å²) in [5.74, 6) is 0.769. The summed E-state index contributed by atoms with van der Waals surface area (Å²) >= 11 is 5.78. The Morgan fingerprint density at radius 3 is 2.62 bits per heavy atom. The molecule has 3 rings (SSSR count). The first-order chi connectivity index (χ1) is 11.5. The fourth-order valence-electron chi connectivity index (χ4n) is 2.51. The van der Waals surface area contributed by atoms with Gasteiger partial charge in [0.25, 0.3) is 0 Å². The van der Waals surface area contributed by atoms with Crippen LogP contribution in [0.15, 0.2) is 53.6 Å². The van der Waals surface area contributed by atoms with Gasteiger partial charge in [0.05, 0.1) is 12.0 Å². The molecule has 2 N–H and O–H groups in total. The highest BCUT2D eigenvalue weighted by molar-refractivity contribution is 7.89. The number of halogens is 1. The van der Waals surface area contributed by atoms with Gasteiger partial charge in [-0.15, -0.1) is 0 Å². The molecule has 5 nitrogen and oxygen atoms in total. The average Bonchev–Trinajstić information content (AvgIpc) is 2.97. The zero-order valence-corrected chi connectivity index (χ0v) is 14.6. The van der Waals surface area contributed by atoms with Crippen LogP contribution >= 0.6 is 11.6 Å². The quantitative estimate of drug-likeness (QED) is 0.704. The van der Waals surface area contributed by atoms with E-state index in [1.807, 2.05) is 24.4 Å². The number of sulfonamides is 1. The van der Waals surface area contributed by atoms with Crippen molar-refractivity contribution in [1.29, 1.82) is 0 Å². The molecule has 0 atom stereocenters. The summed E-state index contributed by atoms with van der Waals surface area (Å²) in [7, 11) is -1.92. The molecule has 0 aliphatic carbocycles. The third-order valence-corrected chi connectivity index (χ3v) is 5.51. The van der Waals surface area contributed by atoms with Crippen LogP contribution < -0.4 is 9.46 Å². The predicted octanol–water partition coefficient (Wildman–Crippen LogP) is 3.35. The Kier molecular flexibility index (Phi) is 4.80. The van der Waals surface area contributed by atoms with Gasteiger partial charge in [-0.1, -0.05) is 11.6 Å². The molecular weight excluding hydrogens is 348 g/mol. The van der Waals surface area contributed by atoms with E-state index in [1.54, 1.807) is 19.2 Å². The number of nitrogens with one attached hydrogen (secondary N) is 2. The van der Waals surface area contributed by atoms with Crippen molar-refractivity contribution in [3.63, 3.8) is 0 Å². The Balaban J connectivity index is 1.71. The zero-order valence-electron chi connectivity index (χ0n) is 13.0. The molecule has 0 aliphatic heterocycles. The average molecular weight is 365 g/mol. The number of fused-ring (bicyclic) bond motifs is 1. The van der Waals surface area contributed by atoms with Crippen molar-refractivity contribution < 1.29 is 13.2 Å². The van der Waals surface area contributed by atoms with E-state index in [0.29, 0.717) is 18.0 Å². The Labute approximate surface area is 145 Å². The van der Waals surface area contributed by atoms with Crippen molar-refractivity contribution in [2.45, 2.75) is 11.3 Å². The molecule has 0 saturated heterocycles. The number of aromatic nitrogens is 1. The molecular formula is C17H17ClN2O3S. The second-order valence-corrected chi connectivity index (χ2v) is 7.53. The highest BCUT2D eigenvalue weighted by Crippen LogP contribution is 2.24. The summed E-state index contributed by atoms with van der Waals surface area (Å²) in [5.41, 5.74) is 2.02. The second kappa shape index (κ2) is 6.84. The maximum Gasteiger partial charge on any atom is 0.240 e. The van der Waals surface area contributed by atoms with Gasteiger partial charge in [-0.3, -0.25) is 0 Å². The molecule has 1 aromatic heterocycles. The highest BCUT2D eigenvalue weighted by atomic mass is 35.5. The lowest BCUT2D eigenvalue weighted by molar-refractivity contribution is 0.415. The molecule has 0 radical (unpaired) electrons. The Morgan fingerprint density at radius 1 is 1.17 bits per heavy atom. The molecule has 0 aliphatic rings. The van der Waals surface area contributed by atoms with Crippen LogP contribution in [-0.2, 0) is 16.4 Å². The Morgan fingerprint density at radius 2 is 1.92 bits per heavy atom. The maximum atomic E-state index is 12.3. The van der Waals surface area contributed by atoms with Gasteiger partial charge < -0.3 is 9.72 Å². The third kappa shape index (κ3) is 3.56. The monoisotopic (exact) mass is 364 g/mol. The first-order valence-electron chi connectivity index (χ1n) is 7.39. The van der Waals surface area contributed by atoms with Crippen molar-refractivity contribution in [3.8, 4) is 5.75 Å². The van der Waals surface area contributed by atoms with Gasteiger partial charge in [0.2, 0.25) is 10.0 Å². The SMILES string of the molecule is COc1ccc2[nH]cc(CCNS(=O)(=O)c3ccc(Cl)cc3)c2c1. The van der Waals surface area contributed by atoms with Crippen LogP contribution in [0.25, 0.3) is 10.9 Å². The molecule has 0 fully saturated rings. The molecule has 24 heavy (non-hydrogen) atoms. The van der Waals surface area contributed by atoms with Gasteiger partial charge >= 0.3 is 0 Å². The largest absolute Gasteiger partial charge is 0.497 e. The van der Waals surface area contributed by atoms with E-state index in [4.69, 9.17) is 16.3 Å². The summed E-state index contributed by atoms with van der Waals surface area (Å²) in [4.78, 5) is 3.38. The van der Waals surface area contributed by atoms with Gasteiger partial charge in [-0.05, 0) is 54.4 Å². The van der Waals surface area contributed by atoms with Crippen molar-refractivity contribution in [2.75, 3.05) is 13.7 Å². The molecule has 1 heterocycles. The smallest absolute Gasteiger partial charge is 0.240 e. The van der Waals surface area contributed by atoms with Crippen LogP contribution in [0.1, 0.15) is 5.56 Å². The van der Waals surface area contributed by atoms with Gasteiger partial charge in [0.15, 0.2) is 0 Å². The standard InChI is InChI=1S/C17H17ClN2O3S/c1-23-14-4-7-17-16(10-14)12(11-19-17)8-9-20-24(21,22)15-5-2-13(18)3-6-15/h2-7,10-11,19-20H,8-9H2,1H3. The van der Waals surface area contributed by atoms with Gasteiger partial charge in [0.1, 0.15) is 5.75 Å². The normalized spacial score (nSPS) is 11.8. The van der Waals surface area contributed by atoms with Crippen LogP contribution in [0.5, 0.6) is 5.75 Å². The predicted molar refractivity (Wildman–Crippen MR) is 95.2 cm³/mol. The topological polar surface area (TPSA) is 71.2 Å². The first-order valence-corrected chi connectivity index (χ1v) is 9.25. The van der Waals surface area contributed by atoms with Crippen LogP contribution in [-0.4, -0.2) is 27.1 Å². The maximum absolute atomic E-state index is 12.3. The lowest BCUT2D eigenvalue weighted by atomic mass is 10.1. The zero-order chi connectivity index (χ0) is 17.2. The number of rotatable bonds is 6. The number of hydrogen-bond donors (Lipinski definition) is 2. The number of hydrogen-bond acceptors (Lipinski definition) is 3. The fraction of sp³-hybridized carbons (Fsp3) is 0.176. The van der Waals surface area contributed by atoms with Gasteiger partial charge in [0, 0.05) is 28.7 Å². The summed E-state index contributed by atoms with van der Waals surface area (Å²) in [5, 5.41) is 1.53. The molecule has 7 heteroatoms. The van der Waals surface area contributed by atoms with E-state index in [0.717, 1.165) is 22.2 Å². The van der Waals surface area contributed by atoms with Crippen molar-refractivity contribution >= 4 is 32.5 Å². The summed E-state index contributed by atoms with van der Waals surface area (Å²) in [6.07, 6.45) is 2.46. The van der Waals surface area contributed by atoms with E-state index < -0.39 is 10.0 Å². The number of benzene rings is 2. The van der Waals surface area contributed by atoms with Crippen molar-refractivity contribution in [2.24, 2.45) is 0 Å². The number of H-pyrrole nitrogens is 1. The van der Waals surface area contributed by atoms with E-state index in [2.05, 4.69) is 9.71 Å².